The maximum absolute atomic E-state index is 5.96. The molecule has 1 N–H and O–H groups in total. The molecule has 2 aliphatic rings. The fraction of sp³-hybridized carbons (Fsp3) is 0.789. The molecule has 0 aromatic carbocycles. The summed E-state index contributed by atoms with van der Waals surface area (Å²) in [5.74, 6) is 4.63. The summed E-state index contributed by atoms with van der Waals surface area (Å²) in [6, 6.07) is 4.33. The monoisotopic (exact) mass is 319 g/mol. The molecule has 4 nitrogen and oxygen atoms in total. The fourth-order valence-electron chi connectivity index (χ4n) is 3.56. The number of likely N-dealkylation sites (tertiary alicyclic amines) is 1. The number of furan rings is 1. The molecule has 130 valence electrons. The Morgan fingerprint density at radius 2 is 2.00 bits per heavy atom. The molecule has 4 heteroatoms. The Labute approximate surface area is 141 Å². The Morgan fingerprint density at radius 3 is 2.65 bits per heavy atom. The Hall–Kier alpha value is -0.840. The van der Waals surface area contributed by atoms with Gasteiger partial charge in [-0.2, -0.15) is 0 Å². The molecule has 0 bridgehead atoms. The summed E-state index contributed by atoms with van der Waals surface area (Å²) in [7, 11) is 4.31. The van der Waals surface area contributed by atoms with Crippen LogP contribution in [0.2, 0.25) is 0 Å². The van der Waals surface area contributed by atoms with Gasteiger partial charge < -0.3 is 19.5 Å². The molecule has 1 aliphatic carbocycles. The zero-order valence-corrected chi connectivity index (χ0v) is 15.1. The van der Waals surface area contributed by atoms with Crippen LogP contribution in [0.15, 0.2) is 16.5 Å². The normalized spacial score (nSPS) is 26.1. The van der Waals surface area contributed by atoms with E-state index in [1.165, 1.54) is 51.2 Å². The third-order valence-electron chi connectivity index (χ3n) is 5.46. The molecule has 1 saturated heterocycles. The van der Waals surface area contributed by atoms with Gasteiger partial charge in [-0.15, -0.1) is 0 Å². The average molecular weight is 319 g/mol. The van der Waals surface area contributed by atoms with Crippen molar-refractivity contribution in [1.29, 1.82) is 0 Å². The highest BCUT2D eigenvalue weighted by atomic mass is 16.3. The van der Waals surface area contributed by atoms with E-state index in [4.69, 9.17) is 4.42 Å². The van der Waals surface area contributed by atoms with E-state index >= 15 is 0 Å². The molecular formula is C19H33N3O. The summed E-state index contributed by atoms with van der Waals surface area (Å²) in [4.78, 5) is 4.87. The first kappa shape index (κ1) is 17.0. The Balaban J connectivity index is 1.30. The van der Waals surface area contributed by atoms with Gasteiger partial charge in [0.15, 0.2) is 0 Å². The lowest BCUT2D eigenvalue weighted by Gasteiger charge is -2.32. The molecular weight excluding hydrogens is 286 g/mol. The summed E-state index contributed by atoms with van der Waals surface area (Å²) in [5.41, 5.74) is 0. The Kier molecular flexibility index (Phi) is 5.78. The van der Waals surface area contributed by atoms with Crippen LogP contribution in [0.1, 0.15) is 43.6 Å². The van der Waals surface area contributed by atoms with Crippen LogP contribution in [-0.2, 0) is 6.54 Å². The zero-order chi connectivity index (χ0) is 16.2. The SMILES string of the molecule is CC1CC1c1ccc(CNCC2CCN(CCN(C)C)CC2)o1. The minimum absolute atomic E-state index is 0.690. The van der Waals surface area contributed by atoms with Crippen LogP contribution >= 0.6 is 0 Å². The predicted molar refractivity (Wildman–Crippen MR) is 94.7 cm³/mol. The highest BCUT2D eigenvalue weighted by molar-refractivity contribution is 5.17. The van der Waals surface area contributed by atoms with E-state index in [-0.39, 0.29) is 0 Å². The van der Waals surface area contributed by atoms with E-state index < -0.39 is 0 Å². The van der Waals surface area contributed by atoms with Crippen molar-refractivity contribution < 1.29 is 4.42 Å². The van der Waals surface area contributed by atoms with E-state index in [2.05, 4.69) is 48.3 Å². The van der Waals surface area contributed by atoms with E-state index in [9.17, 15) is 0 Å². The molecule has 2 atom stereocenters. The topological polar surface area (TPSA) is 31.6 Å². The van der Waals surface area contributed by atoms with Gasteiger partial charge in [-0.05, 0) is 77.0 Å². The third-order valence-corrected chi connectivity index (χ3v) is 5.46. The number of hydrogen-bond acceptors (Lipinski definition) is 4. The van der Waals surface area contributed by atoms with Crippen LogP contribution in [0.25, 0.3) is 0 Å². The van der Waals surface area contributed by atoms with Gasteiger partial charge in [0.25, 0.3) is 0 Å². The maximum atomic E-state index is 5.96. The molecule has 3 rings (SSSR count). The smallest absolute Gasteiger partial charge is 0.117 e. The molecule has 2 fully saturated rings. The largest absolute Gasteiger partial charge is 0.464 e. The summed E-state index contributed by atoms with van der Waals surface area (Å²) < 4.78 is 5.96. The number of nitrogens with zero attached hydrogens (tertiary/aromatic N) is 2. The second-order valence-corrected chi connectivity index (χ2v) is 7.84. The van der Waals surface area contributed by atoms with Crippen molar-refractivity contribution in [3.63, 3.8) is 0 Å². The standard InChI is InChI=1S/C19H33N3O/c1-15-12-18(15)19-5-4-17(23-19)14-20-13-16-6-8-22(9-7-16)11-10-21(2)3/h4-5,15-16,18,20H,6-14H2,1-3H3. The van der Waals surface area contributed by atoms with E-state index in [0.717, 1.165) is 30.7 Å². The van der Waals surface area contributed by atoms with Gasteiger partial charge in [-0.25, -0.2) is 0 Å². The molecule has 1 aliphatic heterocycles. The van der Waals surface area contributed by atoms with Gasteiger partial charge in [0.05, 0.1) is 6.54 Å². The molecule has 23 heavy (non-hydrogen) atoms. The first-order valence-corrected chi connectivity index (χ1v) is 9.28. The Bertz CT molecular complexity index is 477. The maximum Gasteiger partial charge on any atom is 0.117 e. The molecule has 2 unspecified atom stereocenters. The highest BCUT2D eigenvalue weighted by Gasteiger charge is 2.36. The van der Waals surface area contributed by atoms with Crippen LogP contribution < -0.4 is 5.32 Å². The van der Waals surface area contributed by atoms with Crippen molar-refractivity contribution in [2.75, 3.05) is 46.8 Å². The number of likely N-dealkylation sites (N-methyl/N-ethyl adjacent to an activating group) is 1. The van der Waals surface area contributed by atoms with Crippen LogP contribution in [0.5, 0.6) is 0 Å². The van der Waals surface area contributed by atoms with Crippen molar-refractivity contribution in [3.05, 3.63) is 23.7 Å². The van der Waals surface area contributed by atoms with Crippen LogP contribution in [0.3, 0.4) is 0 Å². The highest BCUT2D eigenvalue weighted by Crippen LogP contribution is 2.47. The molecule has 0 amide bonds. The Morgan fingerprint density at radius 1 is 1.26 bits per heavy atom. The first-order valence-electron chi connectivity index (χ1n) is 9.28. The van der Waals surface area contributed by atoms with Crippen molar-refractivity contribution in [2.45, 2.75) is 38.6 Å². The molecule has 1 aromatic heterocycles. The quantitative estimate of drug-likeness (QED) is 0.798. The van der Waals surface area contributed by atoms with Crippen LogP contribution in [0, 0.1) is 11.8 Å². The van der Waals surface area contributed by atoms with Crippen molar-refractivity contribution >= 4 is 0 Å². The first-order chi connectivity index (χ1) is 11.1. The predicted octanol–water partition coefficient (Wildman–Crippen LogP) is 2.77. The average Bonchev–Trinajstić information content (AvgIpc) is 3.08. The lowest BCUT2D eigenvalue weighted by Crippen LogP contribution is -2.40. The van der Waals surface area contributed by atoms with E-state index in [0.29, 0.717) is 5.92 Å². The fourth-order valence-corrected chi connectivity index (χ4v) is 3.56. The molecule has 1 saturated carbocycles. The van der Waals surface area contributed by atoms with Crippen molar-refractivity contribution in [2.24, 2.45) is 11.8 Å². The van der Waals surface area contributed by atoms with Gasteiger partial charge in [-0.1, -0.05) is 6.92 Å². The van der Waals surface area contributed by atoms with Gasteiger partial charge in [0.1, 0.15) is 11.5 Å². The van der Waals surface area contributed by atoms with Gasteiger partial charge in [-0.3, -0.25) is 0 Å². The summed E-state index contributed by atoms with van der Waals surface area (Å²) in [6.07, 6.45) is 3.94. The van der Waals surface area contributed by atoms with Crippen molar-refractivity contribution in [1.82, 2.24) is 15.1 Å². The number of rotatable bonds is 8. The number of hydrogen-bond donors (Lipinski definition) is 1. The van der Waals surface area contributed by atoms with Gasteiger partial charge in [0, 0.05) is 19.0 Å². The van der Waals surface area contributed by atoms with E-state index in [1.807, 2.05) is 0 Å². The van der Waals surface area contributed by atoms with Crippen molar-refractivity contribution in [3.8, 4) is 0 Å². The van der Waals surface area contributed by atoms with Gasteiger partial charge in [0.2, 0.25) is 0 Å². The molecule has 1 aromatic rings. The summed E-state index contributed by atoms with van der Waals surface area (Å²) >= 11 is 0. The molecule has 0 radical (unpaired) electrons. The van der Waals surface area contributed by atoms with Gasteiger partial charge >= 0.3 is 0 Å². The lowest BCUT2D eigenvalue weighted by molar-refractivity contribution is 0.168. The van der Waals surface area contributed by atoms with Crippen LogP contribution in [0.4, 0.5) is 0 Å². The van der Waals surface area contributed by atoms with Crippen LogP contribution in [-0.4, -0.2) is 56.6 Å². The molecule has 0 spiro atoms. The number of nitrogens with one attached hydrogen (secondary N) is 1. The number of piperidine rings is 1. The second-order valence-electron chi connectivity index (χ2n) is 7.84. The second kappa shape index (κ2) is 7.82. The van der Waals surface area contributed by atoms with E-state index in [1.54, 1.807) is 0 Å². The molecule has 2 heterocycles. The minimum atomic E-state index is 0.690. The summed E-state index contributed by atoms with van der Waals surface area (Å²) in [5, 5.41) is 3.60. The lowest BCUT2D eigenvalue weighted by atomic mass is 9.97. The summed E-state index contributed by atoms with van der Waals surface area (Å²) in [6.45, 7) is 9.19. The third kappa shape index (κ3) is 5.07. The zero-order valence-electron chi connectivity index (χ0n) is 15.1. The minimum Gasteiger partial charge on any atom is -0.464 e.